The smallest absolute Gasteiger partial charge is 0.280 e. The number of nitrogens with one attached hydrogen (secondary N) is 2. The van der Waals surface area contributed by atoms with Gasteiger partial charge in [-0.1, -0.05) is 13.8 Å². The molecule has 2 aromatic rings. The molecule has 0 radical (unpaired) electrons. The van der Waals surface area contributed by atoms with E-state index in [1.807, 2.05) is 13.8 Å². The van der Waals surface area contributed by atoms with Gasteiger partial charge in [0.1, 0.15) is 24.1 Å². The Morgan fingerprint density at radius 2 is 2.04 bits per heavy atom. The van der Waals surface area contributed by atoms with Gasteiger partial charge in [-0.05, 0) is 12.8 Å². The van der Waals surface area contributed by atoms with Gasteiger partial charge in [0.2, 0.25) is 5.95 Å². The van der Waals surface area contributed by atoms with Crippen molar-refractivity contribution in [1.29, 1.82) is 0 Å². The van der Waals surface area contributed by atoms with Crippen LogP contribution in [0.2, 0.25) is 0 Å². The lowest BCUT2D eigenvalue weighted by atomic mass is 10.1. The van der Waals surface area contributed by atoms with E-state index < -0.39 is 36.7 Å². The van der Waals surface area contributed by atoms with E-state index in [1.54, 1.807) is 6.92 Å². The highest BCUT2D eigenvalue weighted by molar-refractivity contribution is 5.72. The average molecular weight is 353 g/mol. The standard InChI is InChI=1S/C15H23N5O5/c1-6(2)4-16-15-18-12-9(13(24)19-15)17-7(3)20(12)14-11(23)10(22)8(5-21)25-14/h6,8,10-11,14,21-23H,4-5H2,1-3H3,(H2,16,18,19,24)/t8-,10-,11-,14-/m1/s1. The van der Waals surface area contributed by atoms with E-state index in [9.17, 15) is 20.1 Å². The lowest BCUT2D eigenvalue weighted by molar-refractivity contribution is -0.0519. The van der Waals surface area contributed by atoms with Gasteiger partial charge >= 0.3 is 0 Å². The molecule has 0 saturated carbocycles. The molecule has 0 aromatic carbocycles. The van der Waals surface area contributed by atoms with Crippen LogP contribution >= 0.6 is 0 Å². The molecule has 10 heteroatoms. The zero-order chi connectivity index (χ0) is 18.3. The van der Waals surface area contributed by atoms with Crippen LogP contribution < -0.4 is 10.9 Å². The van der Waals surface area contributed by atoms with Crippen LogP contribution in [-0.2, 0) is 4.74 Å². The molecule has 0 unspecified atom stereocenters. The Labute approximate surface area is 143 Å². The summed E-state index contributed by atoms with van der Waals surface area (Å²) >= 11 is 0. The second-order valence-corrected chi connectivity index (χ2v) is 6.62. The van der Waals surface area contributed by atoms with E-state index in [0.29, 0.717) is 24.2 Å². The fraction of sp³-hybridized carbons (Fsp3) is 0.667. The van der Waals surface area contributed by atoms with Crippen molar-refractivity contribution in [3.63, 3.8) is 0 Å². The Morgan fingerprint density at radius 3 is 2.64 bits per heavy atom. The van der Waals surface area contributed by atoms with Crippen LogP contribution in [-0.4, -0.2) is 66.3 Å². The normalized spacial score (nSPS) is 26.7. The number of hydrogen-bond acceptors (Lipinski definition) is 8. The Bertz CT molecular complexity index is 816. The van der Waals surface area contributed by atoms with Crippen LogP contribution in [0.5, 0.6) is 0 Å². The van der Waals surface area contributed by atoms with E-state index in [-0.39, 0.29) is 11.2 Å². The number of fused-ring (bicyclic) bond motifs is 1. The maximum absolute atomic E-state index is 12.3. The van der Waals surface area contributed by atoms with Crippen molar-refractivity contribution < 1.29 is 20.1 Å². The summed E-state index contributed by atoms with van der Waals surface area (Å²) < 4.78 is 7.01. The predicted octanol–water partition coefficient (Wildman–Crippen LogP) is -0.893. The van der Waals surface area contributed by atoms with E-state index in [0.717, 1.165) is 0 Å². The van der Waals surface area contributed by atoms with Crippen molar-refractivity contribution in [3.8, 4) is 0 Å². The summed E-state index contributed by atoms with van der Waals surface area (Å²) in [6.07, 6.45) is -4.43. The molecule has 0 spiro atoms. The lowest BCUT2D eigenvalue weighted by Crippen LogP contribution is -2.33. The van der Waals surface area contributed by atoms with Gasteiger partial charge < -0.3 is 25.4 Å². The van der Waals surface area contributed by atoms with Crippen molar-refractivity contribution in [1.82, 2.24) is 19.5 Å². The zero-order valence-electron chi connectivity index (χ0n) is 14.3. The minimum atomic E-state index is -1.28. The van der Waals surface area contributed by atoms with Crippen molar-refractivity contribution >= 4 is 17.1 Å². The molecular weight excluding hydrogens is 330 g/mol. The number of imidazole rings is 1. The molecule has 0 aliphatic carbocycles. The van der Waals surface area contributed by atoms with Crippen molar-refractivity contribution in [2.24, 2.45) is 5.92 Å². The predicted molar refractivity (Wildman–Crippen MR) is 89.2 cm³/mol. The Morgan fingerprint density at radius 1 is 1.32 bits per heavy atom. The minimum Gasteiger partial charge on any atom is -0.394 e. The van der Waals surface area contributed by atoms with E-state index in [1.165, 1.54) is 4.57 Å². The molecular formula is C15H23N5O5. The molecule has 0 bridgehead atoms. The molecule has 25 heavy (non-hydrogen) atoms. The first-order valence-electron chi connectivity index (χ1n) is 8.18. The van der Waals surface area contributed by atoms with Gasteiger partial charge in [-0.2, -0.15) is 4.98 Å². The number of aromatic amines is 1. The average Bonchev–Trinajstić information content (AvgIpc) is 3.03. The Balaban J connectivity index is 2.06. The number of anilines is 1. The summed E-state index contributed by atoms with van der Waals surface area (Å²) in [5.41, 5.74) is -0.0578. The second-order valence-electron chi connectivity index (χ2n) is 6.62. The molecule has 138 valence electrons. The minimum absolute atomic E-state index is 0.116. The topological polar surface area (TPSA) is 146 Å². The van der Waals surface area contributed by atoms with Crippen LogP contribution in [0.4, 0.5) is 5.95 Å². The Kier molecular flexibility index (Phi) is 4.78. The Hall–Kier alpha value is -2.01. The van der Waals surface area contributed by atoms with E-state index in [2.05, 4.69) is 20.3 Å². The van der Waals surface area contributed by atoms with Crippen LogP contribution in [0, 0.1) is 12.8 Å². The van der Waals surface area contributed by atoms with Crippen molar-refractivity contribution in [2.75, 3.05) is 18.5 Å². The molecule has 2 aromatic heterocycles. The summed E-state index contributed by atoms with van der Waals surface area (Å²) in [5.74, 6) is 1.05. The third-order valence-electron chi connectivity index (χ3n) is 4.18. The van der Waals surface area contributed by atoms with Gasteiger partial charge in [0.15, 0.2) is 17.4 Å². The summed E-state index contributed by atoms with van der Waals surface area (Å²) in [6, 6.07) is 0. The number of rotatable bonds is 5. The van der Waals surface area contributed by atoms with Crippen molar-refractivity contribution in [3.05, 3.63) is 16.2 Å². The highest BCUT2D eigenvalue weighted by atomic mass is 16.6. The van der Waals surface area contributed by atoms with Crippen molar-refractivity contribution in [2.45, 2.75) is 45.3 Å². The fourth-order valence-electron chi connectivity index (χ4n) is 2.88. The fourth-order valence-corrected chi connectivity index (χ4v) is 2.88. The monoisotopic (exact) mass is 353 g/mol. The maximum Gasteiger partial charge on any atom is 0.280 e. The van der Waals surface area contributed by atoms with E-state index in [4.69, 9.17) is 4.74 Å². The largest absolute Gasteiger partial charge is 0.394 e. The molecule has 1 saturated heterocycles. The maximum atomic E-state index is 12.3. The molecule has 0 amide bonds. The van der Waals surface area contributed by atoms with Gasteiger partial charge in [-0.25, -0.2) is 4.98 Å². The highest BCUT2D eigenvalue weighted by Gasteiger charge is 2.44. The number of ether oxygens (including phenoxy) is 1. The summed E-state index contributed by atoms with van der Waals surface area (Å²) in [7, 11) is 0. The molecule has 3 heterocycles. The van der Waals surface area contributed by atoms with Gasteiger partial charge in [0, 0.05) is 6.54 Å². The molecule has 1 fully saturated rings. The van der Waals surface area contributed by atoms with Gasteiger partial charge in [0.05, 0.1) is 6.61 Å². The molecule has 10 nitrogen and oxygen atoms in total. The first kappa shape index (κ1) is 17.8. The van der Waals surface area contributed by atoms with Gasteiger partial charge in [-0.3, -0.25) is 14.3 Å². The van der Waals surface area contributed by atoms with Gasteiger partial charge in [0.25, 0.3) is 5.56 Å². The molecule has 4 atom stereocenters. The first-order chi connectivity index (χ1) is 11.8. The number of H-pyrrole nitrogens is 1. The second kappa shape index (κ2) is 6.71. The number of aryl methyl sites for hydroxylation is 1. The summed E-state index contributed by atoms with van der Waals surface area (Å²) in [6.45, 7) is 5.89. The number of aliphatic hydroxyl groups excluding tert-OH is 3. The molecule has 3 rings (SSSR count). The molecule has 1 aliphatic rings. The van der Waals surface area contributed by atoms with Gasteiger partial charge in [-0.15, -0.1) is 0 Å². The number of aromatic nitrogens is 4. The van der Waals surface area contributed by atoms with Crippen LogP contribution in [0.3, 0.4) is 0 Å². The number of nitrogens with zero attached hydrogens (tertiary/aromatic N) is 3. The number of hydrogen-bond donors (Lipinski definition) is 5. The highest BCUT2D eigenvalue weighted by Crippen LogP contribution is 2.32. The number of aliphatic hydroxyl groups is 3. The third-order valence-corrected chi connectivity index (χ3v) is 4.18. The third kappa shape index (κ3) is 3.13. The summed E-state index contributed by atoms with van der Waals surface area (Å²) in [4.78, 5) is 23.5. The molecule has 1 aliphatic heterocycles. The van der Waals surface area contributed by atoms with E-state index >= 15 is 0 Å². The quantitative estimate of drug-likeness (QED) is 0.465. The lowest BCUT2D eigenvalue weighted by Gasteiger charge is -2.18. The first-order valence-corrected chi connectivity index (χ1v) is 8.18. The molecule has 5 N–H and O–H groups in total. The summed E-state index contributed by atoms with van der Waals surface area (Å²) in [5, 5.41) is 32.5. The van der Waals surface area contributed by atoms with Crippen LogP contribution in [0.25, 0.3) is 11.2 Å². The zero-order valence-corrected chi connectivity index (χ0v) is 14.3. The van der Waals surface area contributed by atoms with Crippen LogP contribution in [0.15, 0.2) is 4.79 Å². The van der Waals surface area contributed by atoms with Crippen LogP contribution in [0.1, 0.15) is 25.9 Å². The SMILES string of the molecule is Cc1nc2c(=O)[nH]c(NCC(C)C)nc2n1[C@@H]1O[C@H](CO)[C@@H](O)[C@H]1O.